The lowest BCUT2D eigenvalue weighted by Crippen LogP contribution is -1.98. The van der Waals surface area contributed by atoms with E-state index in [9.17, 15) is 0 Å². The van der Waals surface area contributed by atoms with Crippen molar-refractivity contribution in [1.29, 1.82) is 0 Å². The third-order valence-corrected chi connectivity index (χ3v) is 8.22. The maximum atomic E-state index is 5.22. The molecule has 0 amide bonds. The highest BCUT2D eigenvalue weighted by Crippen LogP contribution is 2.33. The molecule has 0 aliphatic heterocycles. The summed E-state index contributed by atoms with van der Waals surface area (Å²) in [5, 5.41) is 7.42. The number of para-hydroxylation sites is 2. The number of pyridine rings is 2. The largest absolute Gasteiger partial charge is 0.296 e. The summed E-state index contributed by atoms with van der Waals surface area (Å²) in [4.78, 5) is 10.4. The van der Waals surface area contributed by atoms with Crippen LogP contribution in [0.4, 0.5) is 0 Å². The van der Waals surface area contributed by atoms with Crippen LogP contribution in [0.1, 0.15) is 22.8 Å². The number of aromatic nitrogens is 4. The highest BCUT2D eigenvalue weighted by Gasteiger charge is 2.18. The van der Waals surface area contributed by atoms with E-state index >= 15 is 0 Å². The van der Waals surface area contributed by atoms with Gasteiger partial charge >= 0.3 is 0 Å². The Balaban J connectivity index is 1.30. The number of aryl methyl sites for hydroxylation is 4. The average Bonchev–Trinajstić information content (AvgIpc) is 3.49. The first-order valence-electron chi connectivity index (χ1n) is 13.3. The summed E-state index contributed by atoms with van der Waals surface area (Å²) in [6, 6.07) is 34.5. The van der Waals surface area contributed by atoms with E-state index < -0.39 is 0 Å². The molecule has 0 saturated heterocycles. The molecule has 0 N–H and O–H groups in total. The summed E-state index contributed by atoms with van der Waals surface area (Å²) < 4.78 is 4.68. The van der Waals surface area contributed by atoms with Crippen LogP contribution < -0.4 is 0 Å². The van der Waals surface area contributed by atoms with Crippen molar-refractivity contribution in [2.45, 2.75) is 26.7 Å². The van der Waals surface area contributed by atoms with Crippen LogP contribution in [0, 0.1) is 13.8 Å². The van der Waals surface area contributed by atoms with Gasteiger partial charge < -0.3 is 0 Å². The van der Waals surface area contributed by atoms with Crippen molar-refractivity contribution in [2.24, 2.45) is 0 Å². The minimum atomic E-state index is 0.844. The Hall–Kier alpha value is -4.70. The van der Waals surface area contributed by atoms with E-state index in [2.05, 4.69) is 120 Å². The molecule has 0 aliphatic rings. The Bertz CT molecular complexity index is 2050. The first-order valence-corrected chi connectivity index (χ1v) is 13.3. The van der Waals surface area contributed by atoms with Gasteiger partial charge in [0.1, 0.15) is 11.3 Å². The van der Waals surface area contributed by atoms with Crippen molar-refractivity contribution in [2.75, 3.05) is 0 Å². The highest BCUT2D eigenvalue weighted by molar-refractivity contribution is 6.12. The van der Waals surface area contributed by atoms with Crippen molar-refractivity contribution >= 4 is 54.6 Å². The summed E-state index contributed by atoms with van der Waals surface area (Å²) in [5.74, 6) is 0. The minimum absolute atomic E-state index is 0.844. The van der Waals surface area contributed by atoms with Gasteiger partial charge in [0, 0.05) is 32.9 Å². The molecule has 0 fully saturated rings. The van der Waals surface area contributed by atoms with Crippen molar-refractivity contribution in [1.82, 2.24) is 18.8 Å². The molecule has 4 aromatic carbocycles. The second kappa shape index (κ2) is 7.90. The molecule has 0 aliphatic carbocycles. The van der Waals surface area contributed by atoms with Crippen LogP contribution in [0.3, 0.4) is 0 Å². The number of fused-ring (bicyclic) bond motifs is 12. The number of nitrogens with zero attached hydrogens (tertiary/aromatic N) is 4. The second-order valence-corrected chi connectivity index (χ2v) is 10.2. The van der Waals surface area contributed by atoms with Gasteiger partial charge in [-0.1, -0.05) is 84.9 Å². The van der Waals surface area contributed by atoms with Crippen molar-refractivity contribution < 1.29 is 0 Å². The predicted molar refractivity (Wildman–Crippen MR) is 157 cm³/mol. The molecule has 0 radical (unpaired) electrons. The fraction of sp³-hybridized carbons (Fsp3) is 0.118. The fourth-order valence-corrected chi connectivity index (χ4v) is 6.37. The smallest absolute Gasteiger partial charge is 0.145 e. The number of hydrogen-bond acceptors (Lipinski definition) is 2. The third-order valence-electron chi connectivity index (χ3n) is 8.22. The molecule has 4 nitrogen and oxygen atoms in total. The van der Waals surface area contributed by atoms with Crippen LogP contribution in [0.5, 0.6) is 0 Å². The number of rotatable bonds is 3. The number of hydrogen-bond donors (Lipinski definition) is 0. The van der Waals surface area contributed by atoms with E-state index in [1.54, 1.807) is 0 Å². The van der Waals surface area contributed by atoms with E-state index in [0.717, 1.165) is 35.5 Å². The van der Waals surface area contributed by atoms with Gasteiger partial charge in [-0.05, 0) is 49.6 Å². The van der Waals surface area contributed by atoms with Crippen molar-refractivity contribution in [3.05, 3.63) is 120 Å². The lowest BCUT2D eigenvalue weighted by molar-refractivity contribution is 0.879. The fourth-order valence-electron chi connectivity index (χ4n) is 6.37. The van der Waals surface area contributed by atoms with Gasteiger partial charge in [-0.2, -0.15) is 0 Å². The number of imidazole rings is 2. The zero-order valence-electron chi connectivity index (χ0n) is 21.4. The van der Waals surface area contributed by atoms with Gasteiger partial charge in [0.2, 0.25) is 0 Å². The van der Waals surface area contributed by atoms with Crippen molar-refractivity contribution in [3.63, 3.8) is 0 Å². The molecule has 8 rings (SSSR count). The normalized spacial score (nSPS) is 12.2. The van der Waals surface area contributed by atoms with Gasteiger partial charge in [0.25, 0.3) is 0 Å². The molecule has 0 atom stereocenters. The maximum Gasteiger partial charge on any atom is 0.145 e. The molecule has 0 saturated carbocycles. The molecule has 0 bridgehead atoms. The maximum absolute atomic E-state index is 5.22. The Labute approximate surface area is 219 Å². The standard InChI is InChI=1S/C34H26N4/c1-21-29(35-33-27-15-5-3-11-23(27)25-13-7-9-17-31(25)37(21)33)19-20-30-22(2)38-32-18-10-8-14-26(32)24-12-4-6-16-28(24)34(38)36-30/h3-18H,19-20H2,1-2H3. The van der Waals surface area contributed by atoms with Crippen LogP contribution in [-0.4, -0.2) is 18.8 Å². The van der Waals surface area contributed by atoms with Gasteiger partial charge in [0.05, 0.1) is 22.4 Å². The Morgan fingerprint density at radius 2 is 0.789 bits per heavy atom. The van der Waals surface area contributed by atoms with Crippen LogP contribution in [0.25, 0.3) is 54.6 Å². The first-order chi connectivity index (χ1) is 18.7. The molecule has 0 unspecified atom stereocenters. The molecule has 4 heteroatoms. The second-order valence-electron chi connectivity index (χ2n) is 10.2. The van der Waals surface area contributed by atoms with Crippen LogP contribution in [0.2, 0.25) is 0 Å². The highest BCUT2D eigenvalue weighted by atomic mass is 15.0. The zero-order chi connectivity index (χ0) is 25.4. The van der Waals surface area contributed by atoms with Gasteiger partial charge in [-0.3, -0.25) is 8.80 Å². The molecular formula is C34H26N4. The van der Waals surface area contributed by atoms with Gasteiger partial charge in [0.15, 0.2) is 0 Å². The average molecular weight is 491 g/mol. The molecule has 182 valence electrons. The molecule has 4 heterocycles. The van der Waals surface area contributed by atoms with E-state index in [0.29, 0.717) is 0 Å². The topological polar surface area (TPSA) is 34.6 Å². The lowest BCUT2D eigenvalue weighted by atomic mass is 10.1. The lowest BCUT2D eigenvalue weighted by Gasteiger charge is -2.09. The Kier molecular flexibility index (Phi) is 4.45. The summed E-state index contributed by atoms with van der Waals surface area (Å²) >= 11 is 0. The minimum Gasteiger partial charge on any atom is -0.296 e. The molecule has 4 aromatic heterocycles. The Morgan fingerprint density at radius 1 is 0.447 bits per heavy atom. The quantitative estimate of drug-likeness (QED) is 0.235. The molecule has 8 aromatic rings. The Morgan fingerprint density at radius 3 is 1.21 bits per heavy atom. The molecule has 0 spiro atoms. The third kappa shape index (κ3) is 2.86. The number of benzene rings is 4. The van der Waals surface area contributed by atoms with E-state index in [-0.39, 0.29) is 0 Å². The SMILES string of the molecule is Cc1c(CCc2nc3c4ccccc4c4ccccc4n3c2C)nc2c3ccccc3c3ccccc3n12. The first kappa shape index (κ1) is 21.4. The zero-order valence-corrected chi connectivity index (χ0v) is 21.4. The van der Waals surface area contributed by atoms with E-state index in [1.807, 2.05) is 0 Å². The van der Waals surface area contributed by atoms with E-state index in [1.165, 1.54) is 54.7 Å². The van der Waals surface area contributed by atoms with Crippen LogP contribution in [0.15, 0.2) is 97.1 Å². The molecule has 38 heavy (non-hydrogen) atoms. The summed E-state index contributed by atoms with van der Waals surface area (Å²) in [6.07, 6.45) is 1.69. The van der Waals surface area contributed by atoms with Crippen LogP contribution >= 0.6 is 0 Å². The summed E-state index contributed by atoms with van der Waals surface area (Å²) in [6.45, 7) is 4.40. The summed E-state index contributed by atoms with van der Waals surface area (Å²) in [5.41, 5.74) is 9.18. The monoisotopic (exact) mass is 490 g/mol. The summed E-state index contributed by atoms with van der Waals surface area (Å²) in [7, 11) is 0. The molecular weight excluding hydrogens is 464 g/mol. The predicted octanol–water partition coefficient (Wildman–Crippen LogP) is 8.00. The van der Waals surface area contributed by atoms with Crippen LogP contribution in [-0.2, 0) is 12.8 Å². The van der Waals surface area contributed by atoms with Gasteiger partial charge in [-0.15, -0.1) is 0 Å². The van der Waals surface area contributed by atoms with E-state index in [4.69, 9.17) is 9.97 Å². The van der Waals surface area contributed by atoms with Crippen molar-refractivity contribution in [3.8, 4) is 0 Å². The van der Waals surface area contributed by atoms with Gasteiger partial charge in [-0.25, -0.2) is 9.97 Å².